The molecule has 1 aliphatic carbocycles. The highest BCUT2D eigenvalue weighted by molar-refractivity contribution is 5.63. The van der Waals surface area contributed by atoms with Crippen molar-refractivity contribution in [1.29, 1.82) is 0 Å². The number of aryl methyl sites for hydroxylation is 1. The van der Waals surface area contributed by atoms with Crippen LogP contribution in [0.2, 0.25) is 0 Å². The molecule has 2 fully saturated rings. The van der Waals surface area contributed by atoms with Crippen molar-refractivity contribution >= 4 is 0 Å². The van der Waals surface area contributed by atoms with Crippen LogP contribution in [0.3, 0.4) is 0 Å². The molecule has 24 heavy (non-hydrogen) atoms. The van der Waals surface area contributed by atoms with E-state index in [0.29, 0.717) is 18.1 Å². The zero-order chi connectivity index (χ0) is 16.9. The molecule has 1 saturated carbocycles. The average molecular weight is 325 g/mol. The molecule has 1 aromatic heterocycles. The molecule has 4 nitrogen and oxygen atoms in total. The maximum atomic E-state index is 5.94. The first-order chi connectivity index (χ1) is 11.5. The lowest BCUT2D eigenvalue weighted by Gasteiger charge is -2.58. The van der Waals surface area contributed by atoms with Crippen LogP contribution in [0.1, 0.15) is 31.4 Å². The Morgan fingerprint density at radius 3 is 3.00 bits per heavy atom. The molecule has 1 aliphatic heterocycles. The van der Waals surface area contributed by atoms with Crippen molar-refractivity contribution in [1.82, 2.24) is 15.1 Å². The van der Waals surface area contributed by atoms with Crippen molar-refractivity contribution in [2.75, 3.05) is 13.7 Å². The van der Waals surface area contributed by atoms with Crippen molar-refractivity contribution in [2.24, 2.45) is 11.3 Å². The standard InChI is InChI=1S/C20H27N3O/c1-13-6-5-7-14(10-13)17-15(11-21-22-17)12-23(4)18-16-8-9-24-19(16)20(18,2)3/h5-7,10-11,16,18-19H,8-9,12H2,1-4H3,(H,21,22)/t16-,18-,19+/m1/s1. The maximum Gasteiger partial charge on any atom is 0.0695 e. The molecule has 1 aromatic carbocycles. The second kappa shape index (κ2) is 5.71. The number of nitrogens with zero attached hydrogens (tertiary/aromatic N) is 2. The topological polar surface area (TPSA) is 41.2 Å². The van der Waals surface area contributed by atoms with Crippen LogP contribution in [0.5, 0.6) is 0 Å². The van der Waals surface area contributed by atoms with Gasteiger partial charge in [-0.15, -0.1) is 0 Å². The van der Waals surface area contributed by atoms with Crippen molar-refractivity contribution in [2.45, 2.75) is 45.9 Å². The van der Waals surface area contributed by atoms with Gasteiger partial charge >= 0.3 is 0 Å². The summed E-state index contributed by atoms with van der Waals surface area (Å²) in [5, 5.41) is 7.51. The van der Waals surface area contributed by atoms with Gasteiger partial charge in [-0.1, -0.05) is 37.6 Å². The molecule has 2 aliphatic rings. The summed E-state index contributed by atoms with van der Waals surface area (Å²) in [5.74, 6) is 0.680. The molecule has 2 heterocycles. The lowest BCUT2D eigenvalue weighted by Crippen LogP contribution is -2.65. The molecule has 0 unspecified atom stereocenters. The Morgan fingerprint density at radius 1 is 1.38 bits per heavy atom. The third kappa shape index (κ3) is 2.40. The summed E-state index contributed by atoms with van der Waals surface area (Å²) < 4.78 is 5.94. The fourth-order valence-electron chi connectivity index (χ4n) is 5.04. The average Bonchev–Trinajstić information content (AvgIpc) is 3.15. The van der Waals surface area contributed by atoms with E-state index in [0.717, 1.165) is 18.8 Å². The third-order valence-electron chi connectivity index (χ3n) is 5.96. The summed E-state index contributed by atoms with van der Waals surface area (Å²) in [6.45, 7) is 8.65. The lowest BCUT2D eigenvalue weighted by molar-refractivity contribution is -0.151. The van der Waals surface area contributed by atoms with E-state index in [1.807, 2.05) is 6.20 Å². The molecule has 0 bridgehead atoms. The SMILES string of the molecule is Cc1cccc(-c2[nH]ncc2CN(C)[C@@H]2[C@H]3CCO[C@@H]3C2(C)C)c1. The Hall–Kier alpha value is -1.65. The minimum Gasteiger partial charge on any atom is -0.377 e. The van der Waals surface area contributed by atoms with Gasteiger partial charge < -0.3 is 4.74 Å². The summed E-state index contributed by atoms with van der Waals surface area (Å²) in [7, 11) is 2.24. The van der Waals surface area contributed by atoms with Crippen LogP contribution >= 0.6 is 0 Å². The summed E-state index contributed by atoms with van der Waals surface area (Å²) in [6.07, 6.45) is 3.60. The molecule has 3 atom stereocenters. The molecule has 0 amide bonds. The quantitative estimate of drug-likeness (QED) is 0.933. The van der Waals surface area contributed by atoms with Crippen molar-refractivity contribution in [3.05, 3.63) is 41.6 Å². The predicted molar refractivity (Wildman–Crippen MR) is 95.6 cm³/mol. The van der Waals surface area contributed by atoms with Gasteiger partial charge in [0, 0.05) is 41.7 Å². The van der Waals surface area contributed by atoms with Gasteiger partial charge in [-0.25, -0.2) is 0 Å². The van der Waals surface area contributed by atoms with Gasteiger partial charge in [-0.3, -0.25) is 10.00 Å². The normalized spacial score (nSPS) is 28.0. The number of benzene rings is 1. The number of aromatic nitrogens is 2. The van der Waals surface area contributed by atoms with Crippen LogP contribution in [0.25, 0.3) is 11.3 Å². The maximum absolute atomic E-state index is 5.94. The fraction of sp³-hybridized carbons (Fsp3) is 0.550. The Morgan fingerprint density at radius 2 is 2.21 bits per heavy atom. The molecule has 0 spiro atoms. The van der Waals surface area contributed by atoms with E-state index >= 15 is 0 Å². The number of H-pyrrole nitrogens is 1. The van der Waals surface area contributed by atoms with Gasteiger partial charge in [0.25, 0.3) is 0 Å². The van der Waals surface area contributed by atoms with Crippen molar-refractivity contribution < 1.29 is 4.74 Å². The molecule has 4 rings (SSSR count). The molecular formula is C20H27N3O. The minimum absolute atomic E-state index is 0.225. The summed E-state index contributed by atoms with van der Waals surface area (Å²) in [4.78, 5) is 2.50. The van der Waals surface area contributed by atoms with Crippen LogP contribution in [-0.4, -0.2) is 40.9 Å². The number of nitrogens with one attached hydrogen (secondary N) is 1. The Bertz CT molecular complexity index is 736. The molecular weight excluding hydrogens is 298 g/mol. The van der Waals surface area contributed by atoms with E-state index in [9.17, 15) is 0 Å². The van der Waals surface area contributed by atoms with Gasteiger partial charge in [-0.05, 0) is 26.5 Å². The first kappa shape index (κ1) is 15.9. The van der Waals surface area contributed by atoms with Gasteiger partial charge in [0.05, 0.1) is 18.0 Å². The van der Waals surface area contributed by atoms with E-state index in [-0.39, 0.29) is 5.41 Å². The summed E-state index contributed by atoms with van der Waals surface area (Å²) >= 11 is 0. The third-order valence-corrected chi connectivity index (χ3v) is 5.96. The number of rotatable bonds is 4. The van der Waals surface area contributed by atoms with Crippen LogP contribution in [0.15, 0.2) is 30.5 Å². The van der Waals surface area contributed by atoms with E-state index in [4.69, 9.17) is 4.74 Å². The molecule has 2 aromatic rings. The monoisotopic (exact) mass is 325 g/mol. The summed E-state index contributed by atoms with van der Waals surface area (Å²) in [5.41, 5.74) is 5.12. The highest BCUT2D eigenvalue weighted by Gasteiger charge is 2.60. The lowest BCUT2D eigenvalue weighted by atomic mass is 9.57. The first-order valence-electron chi connectivity index (χ1n) is 8.89. The van der Waals surface area contributed by atoms with Crippen LogP contribution in [0, 0.1) is 18.3 Å². The van der Waals surface area contributed by atoms with Crippen molar-refractivity contribution in [3.63, 3.8) is 0 Å². The van der Waals surface area contributed by atoms with Crippen LogP contribution in [0.4, 0.5) is 0 Å². The van der Waals surface area contributed by atoms with Crippen molar-refractivity contribution in [3.8, 4) is 11.3 Å². The first-order valence-corrected chi connectivity index (χ1v) is 8.89. The van der Waals surface area contributed by atoms with E-state index in [1.54, 1.807) is 0 Å². The van der Waals surface area contributed by atoms with E-state index in [1.165, 1.54) is 23.1 Å². The Labute approximate surface area is 144 Å². The second-order valence-corrected chi connectivity index (χ2v) is 8.06. The van der Waals surface area contributed by atoms with E-state index < -0.39 is 0 Å². The molecule has 1 N–H and O–H groups in total. The van der Waals surface area contributed by atoms with Gasteiger partial charge in [0.15, 0.2) is 0 Å². The van der Waals surface area contributed by atoms with Gasteiger partial charge in [0.1, 0.15) is 0 Å². The number of fused-ring (bicyclic) bond motifs is 1. The molecule has 0 radical (unpaired) electrons. The summed E-state index contributed by atoms with van der Waals surface area (Å²) in [6, 6.07) is 9.17. The largest absolute Gasteiger partial charge is 0.377 e. The number of hydrogen-bond donors (Lipinski definition) is 1. The smallest absolute Gasteiger partial charge is 0.0695 e. The predicted octanol–water partition coefficient (Wildman–Crippen LogP) is 3.63. The van der Waals surface area contributed by atoms with Gasteiger partial charge in [0.2, 0.25) is 0 Å². The van der Waals surface area contributed by atoms with Crippen LogP contribution in [-0.2, 0) is 11.3 Å². The zero-order valence-electron chi connectivity index (χ0n) is 15.0. The minimum atomic E-state index is 0.225. The highest BCUT2D eigenvalue weighted by Crippen LogP contribution is 2.54. The molecule has 128 valence electrons. The molecule has 1 saturated heterocycles. The van der Waals surface area contributed by atoms with E-state index in [2.05, 4.69) is 67.2 Å². The highest BCUT2D eigenvalue weighted by atomic mass is 16.5. The number of hydrogen-bond acceptors (Lipinski definition) is 3. The zero-order valence-corrected chi connectivity index (χ0v) is 15.0. The fourth-order valence-corrected chi connectivity index (χ4v) is 5.04. The number of ether oxygens (including phenoxy) is 1. The Balaban J connectivity index is 1.55. The Kier molecular flexibility index (Phi) is 3.77. The van der Waals surface area contributed by atoms with Crippen LogP contribution < -0.4 is 0 Å². The molecule has 4 heteroatoms. The second-order valence-electron chi connectivity index (χ2n) is 8.06. The number of aromatic amines is 1. The van der Waals surface area contributed by atoms with Gasteiger partial charge in [-0.2, -0.15) is 5.10 Å².